The molecular weight excluding hydrogens is 210 g/mol. The zero-order valence-electron chi connectivity index (χ0n) is 9.03. The van der Waals surface area contributed by atoms with E-state index >= 15 is 0 Å². The highest BCUT2D eigenvalue weighted by Gasteiger charge is 2.22. The molecule has 1 aromatic rings. The number of rotatable bonds is 1. The predicted molar refractivity (Wildman–Crippen MR) is 60.1 cm³/mol. The van der Waals surface area contributed by atoms with Gasteiger partial charge in [0.25, 0.3) is 0 Å². The Balaban J connectivity index is 2.32. The van der Waals surface area contributed by atoms with Gasteiger partial charge >= 0.3 is 0 Å². The Labute approximate surface area is 90.8 Å². The summed E-state index contributed by atoms with van der Waals surface area (Å²) >= 11 is 0. The molecule has 0 saturated carbocycles. The van der Waals surface area contributed by atoms with Crippen molar-refractivity contribution in [2.24, 2.45) is 0 Å². The summed E-state index contributed by atoms with van der Waals surface area (Å²) in [5, 5.41) is 0. The smallest absolute Gasteiger partial charge is 0.211 e. The molecule has 0 N–H and O–H groups in total. The SMILES string of the molecule is Cc1ccc2c(c1)CCN(S(C)(=O)=O)C2. The van der Waals surface area contributed by atoms with Crippen molar-refractivity contribution in [2.75, 3.05) is 12.8 Å². The van der Waals surface area contributed by atoms with Crippen molar-refractivity contribution in [1.29, 1.82) is 0 Å². The van der Waals surface area contributed by atoms with E-state index in [1.54, 1.807) is 0 Å². The Morgan fingerprint density at radius 3 is 2.67 bits per heavy atom. The van der Waals surface area contributed by atoms with Crippen molar-refractivity contribution in [3.8, 4) is 0 Å². The maximum atomic E-state index is 11.4. The highest BCUT2D eigenvalue weighted by molar-refractivity contribution is 7.88. The summed E-state index contributed by atoms with van der Waals surface area (Å²) in [4.78, 5) is 0. The minimum Gasteiger partial charge on any atom is -0.212 e. The van der Waals surface area contributed by atoms with Gasteiger partial charge in [0.15, 0.2) is 0 Å². The molecular formula is C11H15NO2S. The molecule has 2 rings (SSSR count). The van der Waals surface area contributed by atoms with Gasteiger partial charge in [0.05, 0.1) is 6.26 Å². The fraction of sp³-hybridized carbons (Fsp3) is 0.455. The number of hydrogen-bond acceptors (Lipinski definition) is 2. The average Bonchev–Trinajstić information content (AvgIpc) is 2.15. The van der Waals surface area contributed by atoms with Crippen LogP contribution < -0.4 is 0 Å². The molecule has 0 spiro atoms. The van der Waals surface area contributed by atoms with E-state index in [9.17, 15) is 8.42 Å². The quantitative estimate of drug-likeness (QED) is 0.722. The molecule has 82 valence electrons. The van der Waals surface area contributed by atoms with E-state index in [0.717, 1.165) is 12.0 Å². The standard InChI is InChI=1S/C11H15NO2S/c1-9-3-4-11-8-12(15(2,13)14)6-5-10(11)7-9/h3-4,7H,5-6,8H2,1-2H3. The molecule has 1 aliphatic heterocycles. The van der Waals surface area contributed by atoms with Crippen LogP contribution in [-0.2, 0) is 23.0 Å². The third-order valence-electron chi connectivity index (χ3n) is 2.81. The van der Waals surface area contributed by atoms with E-state index in [1.807, 2.05) is 12.1 Å². The number of fused-ring (bicyclic) bond motifs is 1. The molecule has 0 fully saturated rings. The number of hydrogen-bond donors (Lipinski definition) is 0. The van der Waals surface area contributed by atoms with Gasteiger partial charge in [0.1, 0.15) is 0 Å². The highest BCUT2D eigenvalue weighted by Crippen LogP contribution is 2.21. The van der Waals surface area contributed by atoms with Gasteiger partial charge in [0, 0.05) is 13.1 Å². The fourth-order valence-electron chi connectivity index (χ4n) is 1.94. The van der Waals surface area contributed by atoms with Gasteiger partial charge < -0.3 is 0 Å². The molecule has 0 aromatic heterocycles. The summed E-state index contributed by atoms with van der Waals surface area (Å²) in [5.41, 5.74) is 3.66. The van der Waals surface area contributed by atoms with Crippen molar-refractivity contribution in [2.45, 2.75) is 19.9 Å². The van der Waals surface area contributed by atoms with E-state index in [0.29, 0.717) is 13.1 Å². The molecule has 0 atom stereocenters. The maximum Gasteiger partial charge on any atom is 0.211 e. The van der Waals surface area contributed by atoms with Gasteiger partial charge in [0.2, 0.25) is 10.0 Å². The molecule has 0 aliphatic carbocycles. The Morgan fingerprint density at radius 2 is 2.00 bits per heavy atom. The van der Waals surface area contributed by atoms with Crippen molar-refractivity contribution >= 4 is 10.0 Å². The third-order valence-corrected chi connectivity index (χ3v) is 4.06. The summed E-state index contributed by atoms with van der Waals surface area (Å²) in [6, 6.07) is 6.21. The molecule has 0 bridgehead atoms. The van der Waals surface area contributed by atoms with Crippen LogP contribution in [0.4, 0.5) is 0 Å². The first-order valence-electron chi connectivity index (χ1n) is 5.00. The van der Waals surface area contributed by atoms with Gasteiger partial charge in [-0.15, -0.1) is 0 Å². The lowest BCUT2D eigenvalue weighted by molar-refractivity contribution is 0.395. The Hall–Kier alpha value is -0.870. The lowest BCUT2D eigenvalue weighted by atomic mass is 9.99. The first-order valence-corrected chi connectivity index (χ1v) is 6.85. The molecule has 0 radical (unpaired) electrons. The van der Waals surface area contributed by atoms with Gasteiger partial charge in [-0.2, -0.15) is 4.31 Å². The molecule has 4 heteroatoms. The van der Waals surface area contributed by atoms with Crippen LogP contribution in [0.15, 0.2) is 18.2 Å². The van der Waals surface area contributed by atoms with Gasteiger partial charge in [-0.05, 0) is 24.5 Å². The second-order valence-electron chi connectivity index (χ2n) is 4.12. The van der Waals surface area contributed by atoms with Crippen LogP contribution in [0.25, 0.3) is 0 Å². The van der Waals surface area contributed by atoms with E-state index in [-0.39, 0.29) is 0 Å². The zero-order chi connectivity index (χ0) is 11.1. The Kier molecular flexibility index (Phi) is 2.56. The first-order chi connectivity index (χ1) is 6.97. The largest absolute Gasteiger partial charge is 0.212 e. The second kappa shape index (κ2) is 3.61. The molecule has 1 aromatic carbocycles. The third kappa shape index (κ3) is 2.21. The lowest BCUT2D eigenvalue weighted by Crippen LogP contribution is -2.35. The van der Waals surface area contributed by atoms with Gasteiger partial charge in [-0.1, -0.05) is 23.8 Å². The van der Waals surface area contributed by atoms with Crippen LogP contribution in [0.5, 0.6) is 0 Å². The molecule has 1 aliphatic rings. The van der Waals surface area contributed by atoms with Crippen LogP contribution in [0.1, 0.15) is 16.7 Å². The predicted octanol–water partition coefficient (Wildman–Crippen LogP) is 1.31. The molecule has 0 amide bonds. The summed E-state index contributed by atoms with van der Waals surface area (Å²) in [6.45, 7) is 3.19. The fourth-order valence-corrected chi connectivity index (χ4v) is 2.74. The summed E-state index contributed by atoms with van der Waals surface area (Å²) in [7, 11) is -3.05. The van der Waals surface area contributed by atoms with Crippen molar-refractivity contribution in [3.63, 3.8) is 0 Å². The van der Waals surface area contributed by atoms with Gasteiger partial charge in [-0.3, -0.25) is 0 Å². The van der Waals surface area contributed by atoms with Crippen molar-refractivity contribution in [1.82, 2.24) is 4.31 Å². The average molecular weight is 225 g/mol. The van der Waals surface area contributed by atoms with Crippen molar-refractivity contribution in [3.05, 3.63) is 34.9 Å². The molecule has 3 nitrogen and oxygen atoms in total. The Morgan fingerprint density at radius 1 is 1.27 bits per heavy atom. The van der Waals surface area contributed by atoms with E-state index in [1.165, 1.54) is 21.7 Å². The van der Waals surface area contributed by atoms with Crippen molar-refractivity contribution < 1.29 is 8.42 Å². The second-order valence-corrected chi connectivity index (χ2v) is 6.10. The summed E-state index contributed by atoms with van der Waals surface area (Å²) in [5.74, 6) is 0. The lowest BCUT2D eigenvalue weighted by Gasteiger charge is -2.26. The topological polar surface area (TPSA) is 37.4 Å². The summed E-state index contributed by atoms with van der Waals surface area (Å²) < 4.78 is 24.3. The normalized spacial score (nSPS) is 17.5. The van der Waals surface area contributed by atoms with Crippen LogP contribution in [0, 0.1) is 6.92 Å². The summed E-state index contributed by atoms with van der Waals surface area (Å²) in [6.07, 6.45) is 2.09. The molecule has 15 heavy (non-hydrogen) atoms. The molecule has 1 heterocycles. The van der Waals surface area contributed by atoms with Crippen LogP contribution in [0.2, 0.25) is 0 Å². The monoisotopic (exact) mass is 225 g/mol. The van der Waals surface area contributed by atoms with Crippen LogP contribution in [0.3, 0.4) is 0 Å². The van der Waals surface area contributed by atoms with E-state index in [4.69, 9.17) is 0 Å². The molecule has 0 unspecified atom stereocenters. The van der Waals surface area contributed by atoms with Crippen LogP contribution in [-0.4, -0.2) is 25.5 Å². The van der Waals surface area contributed by atoms with Crippen LogP contribution >= 0.6 is 0 Å². The van der Waals surface area contributed by atoms with Gasteiger partial charge in [-0.25, -0.2) is 8.42 Å². The first kappa shape index (κ1) is 10.6. The van der Waals surface area contributed by atoms with E-state index < -0.39 is 10.0 Å². The number of nitrogens with zero attached hydrogens (tertiary/aromatic N) is 1. The number of aryl methyl sites for hydroxylation is 1. The maximum absolute atomic E-state index is 11.4. The molecule has 0 saturated heterocycles. The Bertz CT molecular complexity index is 479. The highest BCUT2D eigenvalue weighted by atomic mass is 32.2. The minimum atomic E-state index is -3.05. The number of benzene rings is 1. The number of sulfonamides is 1. The zero-order valence-corrected chi connectivity index (χ0v) is 9.84. The minimum absolute atomic E-state index is 0.522. The van der Waals surface area contributed by atoms with E-state index in [2.05, 4.69) is 13.0 Å².